The Balaban J connectivity index is 1.44. The summed E-state index contributed by atoms with van der Waals surface area (Å²) in [6.45, 7) is 3.15. The lowest BCUT2D eigenvalue weighted by Crippen LogP contribution is -2.46. The maximum absolute atomic E-state index is 12.9. The molecule has 2 aliphatic heterocycles. The van der Waals surface area contributed by atoms with Crippen LogP contribution in [0, 0.1) is 0 Å². The van der Waals surface area contributed by atoms with Gasteiger partial charge in [-0.3, -0.25) is 0 Å². The van der Waals surface area contributed by atoms with E-state index in [1.807, 2.05) is 30.3 Å². The number of carbonyl (C=O) groups is 1. The highest BCUT2D eigenvalue weighted by Gasteiger charge is 2.30. The summed E-state index contributed by atoms with van der Waals surface area (Å²) in [6, 6.07) is 17.0. The number of rotatable bonds is 4. The molecule has 1 fully saturated rings. The van der Waals surface area contributed by atoms with Crippen LogP contribution in [0.15, 0.2) is 65.6 Å². The predicted octanol–water partition coefficient (Wildman–Crippen LogP) is 2.44. The summed E-state index contributed by atoms with van der Waals surface area (Å²) in [6.07, 6.45) is 0.508. The fourth-order valence-electron chi connectivity index (χ4n) is 4.16. The maximum atomic E-state index is 12.9. The van der Waals surface area contributed by atoms with E-state index in [1.54, 1.807) is 18.2 Å². The molecule has 2 amide bonds. The number of sulfonamides is 1. The van der Waals surface area contributed by atoms with Crippen LogP contribution < -0.4 is 9.62 Å². The van der Waals surface area contributed by atoms with Gasteiger partial charge in [-0.05, 0) is 12.1 Å². The SMILES string of the molecule is O=C(NS(=O)(=O)c1ccccc1)N1CCc2nc(-c3ccccc3)nc(N3CCOCC3)c2C1. The van der Waals surface area contributed by atoms with Gasteiger partial charge in [-0.15, -0.1) is 0 Å². The molecule has 10 heteroatoms. The van der Waals surface area contributed by atoms with Crippen molar-refractivity contribution in [2.45, 2.75) is 17.9 Å². The van der Waals surface area contributed by atoms with Crippen LogP contribution in [-0.4, -0.2) is 62.2 Å². The van der Waals surface area contributed by atoms with Crippen molar-refractivity contribution in [1.29, 1.82) is 0 Å². The number of nitrogens with one attached hydrogen (secondary N) is 1. The van der Waals surface area contributed by atoms with E-state index in [9.17, 15) is 13.2 Å². The fourth-order valence-corrected chi connectivity index (χ4v) is 5.15. The Morgan fingerprint density at radius 2 is 1.59 bits per heavy atom. The van der Waals surface area contributed by atoms with Crippen molar-refractivity contribution in [2.75, 3.05) is 37.7 Å². The van der Waals surface area contributed by atoms with E-state index < -0.39 is 16.1 Å². The van der Waals surface area contributed by atoms with Gasteiger partial charge in [-0.25, -0.2) is 27.9 Å². The normalized spacial score (nSPS) is 16.1. The van der Waals surface area contributed by atoms with Crippen LogP contribution in [-0.2, 0) is 27.7 Å². The molecule has 1 saturated heterocycles. The number of morpholine rings is 1. The number of ether oxygens (including phenoxy) is 1. The van der Waals surface area contributed by atoms with Crippen LogP contribution in [0.4, 0.5) is 10.6 Å². The first-order valence-electron chi connectivity index (χ1n) is 11.2. The monoisotopic (exact) mass is 479 g/mol. The van der Waals surface area contributed by atoms with Crippen LogP contribution in [0.25, 0.3) is 11.4 Å². The first-order valence-corrected chi connectivity index (χ1v) is 12.6. The van der Waals surface area contributed by atoms with Gasteiger partial charge in [0.1, 0.15) is 5.82 Å². The van der Waals surface area contributed by atoms with Crippen LogP contribution in [0.5, 0.6) is 0 Å². The molecule has 2 aromatic carbocycles. The number of urea groups is 1. The van der Waals surface area contributed by atoms with E-state index in [0.29, 0.717) is 45.1 Å². The first-order chi connectivity index (χ1) is 16.5. The lowest BCUT2D eigenvalue weighted by Gasteiger charge is -2.34. The summed E-state index contributed by atoms with van der Waals surface area (Å²) in [5.74, 6) is 1.42. The van der Waals surface area contributed by atoms with Gasteiger partial charge in [-0.1, -0.05) is 48.5 Å². The molecule has 0 bridgehead atoms. The van der Waals surface area contributed by atoms with Gasteiger partial charge in [0.15, 0.2) is 5.82 Å². The Bertz CT molecular complexity index is 1280. The average Bonchev–Trinajstić information content (AvgIpc) is 2.89. The molecule has 34 heavy (non-hydrogen) atoms. The molecule has 0 spiro atoms. The number of hydrogen-bond donors (Lipinski definition) is 1. The molecule has 2 aliphatic rings. The summed E-state index contributed by atoms with van der Waals surface area (Å²) in [4.78, 5) is 26.3. The summed E-state index contributed by atoms with van der Waals surface area (Å²) in [5, 5.41) is 0. The number of amides is 2. The molecular formula is C24H25N5O4S. The van der Waals surface area contributed by atoms with Gasteiger partial charge in [-0.2, -0.15) is 0 Å². The van der Waals surface area contributed by atoms with Gasteiger partial charge in [0, 0.05) is 37.2 Å². The van der Waals surface area contributed by atoms with Gasteiger partial charge in [0.25, 0.3) is 10.0 Å². The fraction of sp³-hybridized carbons (Fsp3) is 0.292. The van der Waals surface area contributed by atoms with Gasteiger partial charge in [0.05, 0.1) is 30.3 Å². The van der Waals surface area contributed by atoms with Crippen molar-refractivity contribution in [1.82, 2.24) is 19.6 Å². The van der Waals surface area contributed by atoms with E-state index >= 15 is 0 Å². The average molecular weight is 480 g/mol. The Morgan fingerprint density at radius 3 is 2.29 bits per heavy atom. The standard InChI is InChI=1S/C24H25N5O4S/c30-24(27-34(31,32)19-9-5-2-6-10-19)29-12-11-21-20(17-29)23(28-13-15-33-16-14-28)26-22(25-21)18-7-3-1-4-8-18/h1-10H,11-17H2,(H,27,30). The zero-order chi connectivity index (χ0) is 23.5. The number of benzene rings is 2. The molecule has 0 saturated carbocycles. The molecule has 176 valence electrons. The molecule has 0 atom stereocenters. The van der Waals surface area contributed by atoms with Crippen molar-refractivity contribution in [3.63, 3.8) is 0 Å². The third-order valence-corrected chi connectivity index (χ3v) is 7.28. The number of carbonyl (C=O) groups excluding carboxylic acids is 1. The van der Waals surface area contributed by atoms with E-state index in [4.69, 9.17) is 14.7 Å². The zero-order valence-electron chi connectivity index (χ0n) is 18.6. The van der Waals surface area contributed by atoms with E-state index in [1.165, 1.54) is 17.0 Å². The molecule has 1 aromatic heterocycles. The number of hydrogen-bond acceptors (Lipinski definition) is 7. The minimum absolute atomic E-state index is 0.0469. The molecule has 0 radical (unpaired) electrons. The number of nitrogens with zero attached hydrogens (tertiary/aromatic N) is 4. The van der Waals surface area contributed by atoms with Crippen molar-refractivity contribution >= 4 is 21.9 Å². The maximum Gasteiger partial charge on any atom is 0.331 e. The van der Waals surface area contributed by atoms with Crippen molar-refractivity contribution in [2.24, 2.45) is 0 Å². The summed E-state index contributed by atoms with van der Waals surface area (Å²) in [5.41, 5.74) is 2.65. The number of fused-ring (bicyclic) bond motifs is 1. The topological polar surface area (TPSA) is 105 Å². The van der Waals surface area contributed by atoms with Crippen LogP contribution in [0.1, 0.15) is 11.3 Å². The second-order valence-corrected chi connectivity index (χ2v) is 9.84. The molecular weight excluding hydrogens is 454 g/mol. The predicted molar refractivity (Wildman–Crippen MR) is 127 cm³/mol. The lowest BCUT2D eigenvalue weighted by molar-refractivity contribution is 0.122. The molecule has 0 aliphatic carbocycles. The Morgan fingerprint density at radius 1 is 0.912 bits per heavy atom. The second-order valence-electron chi connectivity index (χ2n) is 8.16. The van der Waals surface area contributed by atoms with Gasteiger partial charge < -0.3 is 14.5 Å². The Kier molecular flexibility index (Phi) is 6.16. The minimum atomic E-state index is -3.96. The third kappa shape index (κ3) is 4.59. The van der Waals surface area contributed by atoms with Crippen molar-refractivity contribution in [3.05, 3.63) is 71.9 Å². The van der Waals surface area contributed by atoms with Gasteiger partial charge in [0.2, 0.25) is 0 Å². The molecule has 3 heterocycles. The zero-order valence-corrected chi connectivity index (χ0v) is 19.4. The molecule has 1 N–H and O–H groups in total. The lowest BCUT2D eigenvalue weighted by atomic mass is 10.0. The number of aromatic nitrogens is 2. The summed E-state index contributed by atoms with van der Waals surface area (Å²) < 4.78 is 33.0. The highest BCUT2D eigenvalue weighted by Crippen LogP contribution is 2.30. The molecule has 3 aromatic rings. The Hall–Kier alpha value is -3.50. The quantitative estimate of drug-likeness (QED) is 0.613. The van der Waals surface area contributed by atoms with E-state index in [2.05, 4.69) is 9.62 Å². The highest BCUT2D eigenvalue weighted by atomic mass is 32.2. The largest absolute Gasteiger partial charge is 0.378 e. The third-order valence-electron chi connectivity index (χ3n) is 5.94. The first kappa shape index (κ1) is 22.3. The molecule has 9 nitrogen and oxygen atoms in total. The summed E-state index contributed by atoms with van der Waals surface area (Å²) in [7, 11) is -3.96. The highest BCUT2D eigenvalue weighted by molar-refractivity contribution is 7.90. The molecule has 0 unspecified atom stereocenters. The van der Waals surface area contributed by atoms with Crippen molar-refractivity contribution in [3.8, 4) is 11.4 Å². The smallest absolute Gasteiger partial charge is 0.331 e. The van der Waals surface area contributed by atoms with Crippen molar-refractivity contribution < 1.29 is 17.9 Å². The van der Waals surface area contributed by atoms with E-state index in [-0.39, 0.29) is 11.4 Å². The molecule has 5 rings (SSSR count). The van der Waals surface area contributed by atoms with E-state index in [0.717, 1.165) is 22.6 Å². The van der Waals surface area contributed by atoms with Crippen LogP contribution in [0.2, 0.25) is 0 Å². The number of anilines is 1. The van der Waals surface area contributed by atoms with Crippen LogP contribution >= 0.6 is 0 Å². The Labute approximate surface area is 198 Å². The van der Waals surface area contributed by atoms with Crippen LogP contribution in [0.3, 0.4) is 0 Å². The second kappa shape index (κ2) is 9.40. The van der Waals surface area contributed by atoms with Gasteiger partial charge >= 0.3 is 6.03 Å². The summed E-state index contributed by atoms with van der Waals surface area (Å²) >= 11 is 0. The minimum Gasteiger partial charge on any atom is -0.378 e.